The molecule has 1 unspecified atom stereocenters. The summed E-state index contributed by atoms with van der Waals surface area (Å²) in [5.41, 5.74) is 3.02. The lowest BCUT2D eigenvalue weighted by Gasteiger charge is -2.26. The van der Waals surface area contributed by atoms with Crippen molar-refractivity contribution in [3.8, 4) is 5.75 Å². The smallest absolute Gasteiger partial charge is 0.295 e. The Hall–Kier alpha value is -4.12. The molecule has 1 atom stereocenters. The van der Waals surface area contributed by atoms with Gasteiger partial charge in [-0.15, -0.1) is 0 Å². The van der Waals surface area contributed by atoms with Gasteiger partial charge in [0.15, 0.2) is 5.43 Å². The lowest BCUT2D eigenvalue weighted by atomic mass is 9.98. The molecule has 0 spiro atoms. The second-order valence-corrected chi connectivity index (χ2v) is 7.76. The van der Waals surface area contributed by atoms with Crippen molar-refractivity contribution < 1.29 is 13.9 Å². The summed E-state index contributed by atoms with van der Waals surface area (Å²) in [6.07, 6.45) is 1.67. The van der Waals surface area contributed by atoms with E-state index < -0.39 is 6.04 Å². The third-order valence-electron chi connectivity index (χ3n) is 5.60. The minimum Gasteiger partial charge on any atom is -0.490 e. The molecule has 0 aliphatic carbocycles. The predicted molar refractivity (Wildman–Crippen MR) is 124 cm³/mol. The number of anilines is 1. The molecule has 5 nitrogen and oxygen atoms in total. The van der Waals surface area contributed by atoms with Gasteiger partial charge in [-0.3, -0.25) is 14.5 Å². The second kappa shape index (κ2) is 7.85. The van der Waals surface area contributed by atoms with Crippen LogP contribution in [0.15, 0.2) is 94.7 Å². The van der Waals surface area contributed by atoms with E-state index >= 15 is 0 Å². The number of nitrogens with zero attached hydrogens (tertiary/aromatic N) is 1. The van der Waals surface area contributed by atoms with E-state index in [1.165, 1.54) is 0 Å². The molecule has 1 amide bonds. The Morgan fingerprint density at radius 3 is 2.66 bits per heavy atom. The molecule has 0 radical (unpaired) electrons. The fourth-order valence-corrected chi connectivity index (χ4v) is 4.21. The summed E-state index contributed by atoms with van der Waals surface area (Å²) in [6, 6.07) is 21.5. The summed E-state index contributed by atoms with van der Waals surface area (Å²) in [5, 5.41) is 0.453. The molecule has 32 heavy (non-hydrogen) atoms. The number of amides is 1. The van der Waals surface area contributed by atoms with Crippen LogP contribution in [0.1, 0.15) is 33.3 Å². The van der Waals surface area contributed by atoms with Crippen molar-refractivity contribution in [1.82, 2.24) is 0 Å². The van der Waals surface area contributed by atoms with Gasteiger partial charge in [0.2, 0.25) is 5.76 Å². The largest absolute Gasteiger partial charge is 0.490 e. The number of carbonyl (C=O) groups excluding carboxylic acids is 1. The molecule has 2 heterocycles. The number of rotatable bonds is 5. The third-order valence-corrected chi connectivity index (χ3v) is 5.60. The molecule has 158 valence electrons. The zero-order chi connectivity index (χ0) is 22.2. The Balaban J connectivity index is 1.77. The Bertz CT molecular complexity index is 1420. The van der Waals surface area contributed by atoms with Crippen LogP contribution in [0.4, 0.5) is 5.69 Å². The number of para-hydroxylation sites is 1. The van der Waals surface area contributed by atoms with Crippen LogP contribution in [-0.2, 0) is 0 Å². The molecule has 0 N–H and O–H groups in total. The number of carbonyl (C=O) groups is 1. The maximum Gasteiger partial charge on any atom is 0.295 e. The first-order valence-electron chi connectivity index (χ1n) is 10.4. The van der Waals surface area contributed by atoms with Gasteiger partial charge >= 0.3 is 0 Å². The zero-order valence-corrected chi connectivity index (χ0v) is 17.6. The highest BCUT2D eigenvalue weighted by Gasteiger charge is 2.43. The maximum atomic E-state index is 13.6. The van der Waals surface area contributed by atoms with E-state index in [1.807, 2.05) is 55.5 Å². The van der Waals surface area contributed by atoms with Gasteiger partial charge in [0.25, 0.3) is 5.91 Å². The minimum absolute atomic E-state index is 0.0811. The SMILES string of the molecule is C=CCOc1cccc(C2c3c(oc4ccccc4c3=O)C(=O)N2c2cccc(C)c2)c1. The van der Waals surface area contributed by atoms with Crippen molar-refractivity contribution in [2.45, 2.75) is 13.0 Å². The molecule has 5 heteroatoms. The standard InChI is InChI=1S/C27H21NO4/c1-3-14-31-20-11-7-9-18(16-20)24-23-25(29)21-12-4-5-13-22(21)32-26(23)27(30)28(24)19-10-6-8-17(2)15-19/h3-13,15-16,24H,1,14H2,2H3. The van der Waals surface area contributed by atoms with Crippen LogP contribution >= 0.6 is 0 Å². The Labute approximate surface area is 185 Å². The quantitative estimate of drug-likeness (QED) is 0.403. The number of hydrogen-bond donors (Lipinski definition) is 0. The van der Waals surface area contributed by atoms with E-state index in [1.54, 1.807) is 35.2 Å². The molecule has 1 aliphatic heterocycles. The number of aryl methyl sites for hydroxylation is 1. The van der Waals surface area contributed by atoms with E-state index in [0.29, 0.717) is 34.6 Å². The first-order valence-corrected chi connectivity index (χ1v) is 10.4. The first-order chi connectivity index (χ1) is 15.6. The fraction of sp³-hybridized carbons (Fsp3) is 0.111. The Morgan fingerprint density at radius 2 is 1.84 bits per heavy atom. The molecule has 3 aromatic carbocycles. The topological polar surface area (TPSA) is 59.8 Å². The van der Waals surface area contributed by atoms with Crippen LogP contribution in [0, 0.1) is 6.92 Å². The Morgan fingerprint density at radius 1 is 1.03 bits per heavy atom. The van der Waals surface area contributed by atoms with Crippen LogP contribution < -0.4 is 15.1 Å². The monoisotopic (exact) mass is 423 g/mol. The summed E-state index contributed by atoms with van der Waals surface area (Å²) < 4.78 is 11.7. The van der Waals surface area contributed by atoms with Gasteiger partial charge in [-0.25, -0.2) is 0 Å². The summed E-state index contributed by atoms with van der Waals surface area (Å²) in [4.78, 5) is 28.8. The normalized spacial score (nSPS) is 15.1. The van der Waals surface area contributed by atoms with Crippen LogP contribution in [0.2, 0.25) is 0 Å². The highest BCUT2D eigenvalue weighted by molar-refractivity contribution is 6.10. The van der Waals surface area contributed by atoms with Crippen molar-refractivity contribution >= 4 is 22.6 Å². The number of ether oxygens (including phenoxy) is 1. The lowest BCUT2D eigenvalue weighted by molar-refractivity contribution is 0.0971. The number of hydrogen-bond acceptors (Lipinski definition) is 4. The van der Waals surface area contributed by atoms with E-state index in [4.69, 9.17) is 9.15 Å². The maximum absolute atomic E-state index is 13.6. The van der Waals surface area contributed by atoms with E-state index in [-0.39, 0.29) is 17.1 Å². The first kappa shape index (κ1) is 19.8. The summed E-state index contributed by atoms with van der Waals surface area (Å²) in [6.45, 7) is 6.01. The van der Waals surface area contributed by atoms with Gasteiger partial charge in [0.1, 0.15) is 17.9 Å². The van der Waals surface area contributed by atoms with Crippen molar-refractivity contribution in [1.29, 1.82) is 0 Å². The minimum atomic E-state index is -0.632. The van der Waals surface area contributed by atoms with E-state index in [0.717, 1.165) is 11.1 Å². The molecule has 0 bridgehead atoms. The van der Waals surface area contributed by atoms with Gasteiger partial charge in [-0.05, 0) is 54.4 Å². The molecular formula is C27H21NO4. The molecule has 0 saturated carbocycles. The molecule has 0 saturated heterocycles. The van der Waals surface area contributed by atoms with Gasteiger partial charge in [-0.2, -0.15) is 0 Å². The average Bonchev–Trinajstić information content (AvgIpc) is 3.10. The molecule has 0 fully saturated rings. The van der Waals surface area contributed by atoms with Crippen LogP contribution in [0.5, 0.6) is 5.75 Å². The van der Waals surface area contributed by atoms with E-state index in [2.05, 4.69) is 6.58 Å². The van der Waals surface area contributed by atoms with Gasteiger partial charge in [0.05, 0.1) is 17.0 Å². The summed E-state index contributed by atoms with van der Waals surface area (Å²) in [5.74, 6) is 0.381. The summed E-state index contributed by atoms with van der Waals surface area (Å²) >= 11 is 0. The number of benzene rings is 3. The fourth-order valence-electron chi connectivity index (χ4n) is 4.21. The van der Waals surface area contributed by atoms with Crippen molar-refractivity contribution in [3.05, 3.63) is 118 Å². The third kappa shape index (κ3) is 3.19. The molecule has 4 aromatic rings. The second-order valence-electron chi connectivity index (χ2n) is 7.76. The van der Waals surface area contributed by atoms with E-state index in [9.17, 15) is 9.59 Å². The van der Waals surface area contributed by atoms with Gasteiger partial charge in [0, 0.05) is 5.69 Å². The molecule has 1 aromatic heterocycles. The van der Waals surface area contributed by atoms with Gasteiger partial charge in [-0.1, -0.05) is 49.1 Å². The van der Waals surface area contributed by atoms with Crippen LogP contribution in [0.25, 0.3) is 11.0 Å². The zero-order valence-electron chi connectivity index (χ0n) is 17.6. The Kier molecular flexibility index (Phi) is 4.86. The van der Waals surface area contributed by atoms with Crippen molar-refractivity contribution in [2.24, 2.45) is 0 Å². The van der Waals surface area contributed by atoms with Gasteiger partial charge < -0.3 is 9.15 Å². The molecular weight excluding hydrogens is 402 g/mol. The predicted octanol–water partition coefficient (Wildman–Crippen LogP) is 5.42. The summed E-state index contributed by atoms with van der Waals surface area (Å²) in [7, 11) is 0. The van der Waals surface area contributed by atoms with Crippen LogP contribution in [-0.4, -0.2) is 12.5 Å². The van der Waals surface area contributed by atoms with Crippen LogP contribution in [0.3, 0.4) is 0 Å². The lowest BCUT2D eigenvalue weighted by Crippen LogP contribution is -2.29. The molecule has 1 aliphatic rings. The van der Waals surface area contributed by atoms with Crippen molar-refractivity contribution in [2.75, 3.05) is 11.5 Å². The number of fused-ring (bicyclic) bond motifs is 2. The van der Waals surface area contributed by atoms with Crippen molar-refractivity contribution in [3.63, 3.8) is 0 Å². The molecule has 5 rings (SSSR count). The average molecular weight is 423 g/mol. The highest BCUT2D eigenvalue weighted by atomic mass is 16.5. The highest BCUT2D eigenvalue weighted by Crippen LogP contribution is 2.42.